The van der Waals surface area contributed by atoms with Crippen LogP contribution in [0.5, 0.6) is 5.75 Å². The van der Waals surface area contributed by atoms with Crippen LogP contribution in [0.2, 0.25) is 0 Å². The minimum atomic E-state index is -0.879. The topological polar surface area (TPSA) is 66.8 Å². The average Bonchev–Trinajstić information content (AvgIpc) is 2.37. The zero-order valence-electron chi connectivity index (χ0n) is 11.5. The van der Waals surface area contributed by atoms with Crippen LogP contribution >= 0.6 is 0 Å². The first kappa shape index (κ1) is 15.0. The summed E-state index contributed by atoms with van der Waals surface area (Å²) in [5, 5.41) is 8.54. The molecule has 0 saturated heterocycles. The van der Waals surface area contributed by atoms with Gasteiger partial charge in [-0.3, -0.25) is 9.59 Å². The lowest BCUT2D eigenvalue weighted by Gasteiger charge is -2.18. The van der Waals surface area contributed by atoms with Gasteiger partial charge in [-0.25, -0.2) is 0 Å². The van der Waals surface area contributed by atoms with Crippen LogP contribution in [0.1, 0.15) is 24.8 Å². The van der Waals surface area contributed by atoms with Gasteiger partial charge in [-0.05, 0) is 37.1 Å². The molecular formula is C14H19NO4. The van der Waals surface area contributed by atoms with E-state index in [0.29, 0.717) is 6.42 Å². The molecule has 0 spiro atoms. The number of rotatable bonds is 6. The molecule has 0 heterocycles. The summed E-state index contributed by atoms with van der Waals surface area (Å²) in [5.41, 5.74) is 1.73. The Morgan fingerprint density at radius 1 is 1.32 bits per heavy atom. The van der Waals surface area contributed by atoms with Crippen molar-refractivity contribution in [1.82, 2.24) is 0 Å². The summed E-state index contributed by atoms with van der Waals surface area (Å²) in [4.78, 5) is 23.8. The van der Waals surface area contributed by atoms with Crippen molar-refractivity contribution >= 4 is 17.6 Å². The molecule has 5 nitrogen and oxygen atoms in total. The van der Waals surface area contributed by atoms with Crippen molar-refractivity contribution in [2.75, 3.05) is 19.1 Å². The monoisotopic (exact) mass is 265 g/mol. The first-order valence-corrected chi connectivity index (χ1v) is 6.08. The normalized spacial score (nSPS) is 10.1. The Bertz CT molecular complexity index is 471. The first-order valence-electron chi connectivity index (χ1n) is 6.08. The highest BCUT2D eigenvalue weighted by molar-refractivity contribution is 5.93. The van der Waals surface area contributed by atoms with Crippen molar-refractivity contribution in [2.45, 2.75) is 26.2 Å². The SMILES string of the molecule is COc1ccc(N(C)C(=O)CCCC(=O)O)cc1C. The van der Waals surface area contributed by atoms with Crippen molar-refractivity contribution in [3.8, 4) is 5.75 Å². The maximum atomic E-state index is 11.9. The van der Waals surface area contributed by atoms with Gasteiger partial charge in [0, 0.05) is 25.6 Å². The van der Waals surface area contributed by atoms with Crippen molar-refractivity contribution < 1.29 is 19.4 Å². The largest absolute Gasteiger partial charge is 0.496 e. The molecular weight excluding hydrogens is 246 g/mol. The molecule has 0 atom stereocenters. The van der Waals surface area contributed by atoms with E-state index < -0.39 is 5.97 Å². The van der Waals surface area contributed by atoms with Crippen LogP contribution in [0, 0.1) is 6.92 Å². The number of carbonyl (C=O) groups excluding carboxylic acids is 1. The summed E-state index contributed by atoms with van der Waals surface area (Å²) in [6.45, 7) is 1.91. The fourth-order valence-corrected chi connectivity index (χ4v) is 1.77. The highest BCUT2D eigenvalue weighted by Gasteiger charge is 2.12. The van der Waals surface area contributed by atoms with E-state index in [0.717, 1.165) is 17.0 Å². The van der Waals surface area contributed by atoms with E-state index in [-0.39, 0.29) is 18.7 Å². The molecule has 5 heteroatoms. The van der Waals surface area contributed by atoms with Gasteiger partial charge in [0.05, 0.1) is 7.11 Å². The highest BCUT2D eigenvalue weighted by Crippen LogP contribution is 2.24. The summed E-state index contributed by atoms with van der Waals surface area (Å²) in [7, 11) is 3.28. The van der Waals surface area contributed by atoms with Gasteiger partial charge >= 0.3 is 5.97 Å². The van der Waals surface area contributed by atoms with Crippen LogP contribution < -0.4 is 9.64 Å². The standard InChI is InChI=1S/C14H19NO4/c1-10-9-11(7-8-12(10)19-3)15(2)13(16)5-4-6-14(17)18/h7-9H,4-6H2,1-3H3,(H,17,18). The lowest BCUT2D eigenvalue weighted by molar-refractivity contribution is -0.137. The smallest absolute Gasteiger partial charge is 0.303 e. The van der Waals surface area contributed by atoms with Crippen molar-refractivity contribution in [2.24, 2.45) is 0 Å². The van der Waals surface area contributed by atoms with Crippen molar-refractivity contribution in [3.63, 3.8) is 0 Å². The van der Waals surface area contributed by atoms with Gasteiger partial charge in [0.15, 0.2) is 0 Å². The zero-order valence-corrected chi connectivity index (χ0v) is 11.5. The number of anilines is 1. The van der Waals surface area contributed by atoms with Crippen molar-refractivity contribution in [1.29, 1.82) is 0 Å². The Hall–Kier alpha value is -2.04. The Balaban J connectivity index is 2.66. The molecule has 1 aromatic rings. The fourth-order valence-electron chi connectivity index (χ4n) is 1.77. The summed E-state index contributed by atoms with van der Waals surface area (Å²) < 4.78 is 5.16. The third-order valence-corrected chi connectivity index (χ3v) is 2.92. The average molecular weight is 265 g/mol. The van der Waals surface area contributed by atoms with E-state index in [1.165, 1.54) is 4.90 Å². The van der Waals surface area contributed by atoms with E-state index in [1.54, 1.807) is 20.2 Å². The summed E-state index contributed by atoms with van der Waals surface area (Å²) in [5.74, 6) is -0.197. The molecule has 1 rings (SSSR count). The number of amides is 1. The number of aryl methyl sites for hydroxylation is 1. The van der Waals surface area contributed by atoms with Crippen molar-refractivity contribution in [3.05, 3.63) is 23.8 Å². The number of carbonyl (C=O) groups is 2. The number of hydrogen-bond acceptors (Lipinski definition) is 3. The molecule has 104 valence electrons. The molecule has 19 heavy (non-hydrogen) atoms. The maximum Gasteiger partial charge on any atom is 0.303 e. The molecule has 1 amide bonds. The molecule has 0 aliphatic heterocycles. The van der Waals surface area contributed by atoms with Gasteiger partial charge in [0.1, 0.15) is 5.75 Å². The summed E-state index contributed by atoms with van der Waals surface area (Å²) in [6, 6.07) is 5.49. The number of hydrogen-bond donors (Lipinski definition) is 1. The number of carboxylic acids is 1. The first-order chi connectivity index (χ1) is 8.95. The molecule has 0 bridgehead atoms. The Morgan fingerprint density at radius 2 is 2.00 bits per heavy atom. The quantitative estimate of drug-likeness (QED) is 0.856. The van der Waals surface area contributed by atoms with Gasteiger partial charge in [-0.15, -0.1) is 0 Å². The van der Waals surface area contributed by atoms with Crippen LogP contribution in [-0.2, 0) is 9.59 Å². The molecule has 0 radical (unpaired) electrons. The predicted octanol–water partition coefficient (Wildman–Crippen LogP) is 2.22. The van der Waals surface area contributed by atoms with Crippen LogP contribution in [0.3, 0.4) is 0 Å². The molecule has 0 aromatic heterocycles. The third-order valence-electron chi connectivity index (χ3n) is 2.92. The lowest BCUT2D eigenvalue weighted by Crippen LogP contribution is -2.26. The van der Waals surface area contributed by atoms with Crippen LogP contribution in [0.25, 0.3) is 0 Å². The summed E-state index contributed by atoms with van der Waals surface area (Å²) in [6.07, 6.45) is 0.600. The van der Waals surface area contributed by atoms with Crippen LogP contribution in [0.4, 0.5) is 5.69 Å². The second-order valence-electron chi connectivity index (χ2n) is 4.35. The Kier molecular flexibility index (Phi) is 5.36. The second kappa shape index (κ2) is 6.78. The number of aliphatic carboxylic acids is 1. The maximum absolute atomic E-state index is 11.9. The molecule has 0 aliphatic carbocycles. The molecule has 0 aliphatic rings. The van der Waals surface area contributed by atoms with E-state index in [2.05, 4.69) is 0 Å². The van der Waals surface area contributed by atoms with Crippen LogP contribution in [-0.4, -0.2) is 31.1 Å². The minimum Gasteiger partial charge on any atom is -0.496 e. The van der Waals surface area contributed by atoms with Gasteiger partial charge in [-0.2, -0.15) is 0 Å². The molecule has 0 fully saturated rings. The van der Waals surface area contributed by atoms with E-state index >= 15 is 0 Å². The summed E-state index contributed by atoms with van der Waals surface area (Å²) >= 11 is 0. The number of benzene rings is 1. The number of nitrogens with zero attached hydrogens (tertiary/aromatic N) is 1. The molecule has 1 N–H and O–H groups in total. The minimum absolute atomic E-state index is 0.0151. The molecule has 0 unspecified atom stereocenters. The fraction of sp³-hybridized carbons (Fsp3) is 0.429. The second-order valence-corrected chi connectivity index (χ2v) is 4.35. The zero-order chi connectivity index (χ0) is 14.4. The third kappa shape index (κ3) is 4.28. The predicted molar refractivity (Wildman–Crippen MR) is 72.6 cm³/mol. The van der Waals surface area contributed by atoms with E-state index in [4.69, 9.17) is 9.84 Å². The Labute approximate surface area is 112 Å². The highest BCUT2D eigenvalue weighted by atomic mass is 16.5. The van der Waals surface area contributed by atoms with Gasteiger partial charge in [0.2, 0.25) is 5.91 Å². The van der Waals surface area contributed by atoms with Crippen LogP contribution in [0.15, 0.2) is 18.2 Å². The molecule has 1 aromatic carbocycles. The lowest BCUT2D eigenvalue weighted by atomic mass is 10.1. The van der Waals surface area contributed by atoms with Gasteiger partial charge in [-0.1, -0.05) is 0 Å². The number of methoxy groups -OCH3 is 1. The number of carboxylic acid groups (broad SMARTS) is 1. The van der Waals surface area contributed by atoms with E-state index in [9.17, 15) is 9.59 Å². The van der Waals surface area contributed by atoms with E-state index in [1.807, 2.05) is 19.1 Å². The molecule has 0 saturated carbocycles. The Morgan fingerprint density at radius 3 is 2.53 bits per heavy atom. The van der Waals surface area contributed by atoms with Gasteiger partial charge in [0.25, 0.3) is 0 Å². The van der Waals surface area contributed by atoms with Gasteiger partial charge < -0.3 is 14.7 Å². The number of ether oxygens (including phenoxy) is 1.